The summed E-state index contributed by atoms with van der Waals surface area (Å²) in [6.07, 6.45) is 3.56. The van der Waals surface area contributed by atoms with Gasteiger partial charge in [0.1, 0.15) is 6.54 Å². The SMILES string of the molecule is COc1ccc2cnn(CC(=O)Nc3cccc4c3ccn4CC(C)C)c(=O)c2c1OC. The summed E-state index contributed by atoms with van der Waals surface area (Å²) in [7, 11) is 2.98. The van der Waals surface area contributed by atoms with Gasteiger partial charge in [0.15, 0.2) is 11.5 Å². The lowest BCUT2D eigenvalue weighted by Crippen LogP contribution is -2.29. The molecule has 0 saturated carbocycles. The Morgan fingerprint density at radius 2 is 1.94 bits per heavy atom. The molecular formula is C24H26N4O4. The highest BCUT2D eigenvalue weighted by Gasteiger charge is 2.16. The van der Waals surface area contributed by atoms with Crippen molar-refractivity contribution < 1.29 is 14.3 Å². The molecule has 4 aromatic rings. The number of ether oxygens (including phenoxy) is 2. The molecule has 0 saturated heterocycles. The first-order valence-electron chi connectivity index (χ1n) is 10.4. The lowest BCUT2D eigenvalue weighted by atomic mass is 10.1. The van der Waals surface area contributed by atoms with E-state index < -0.39 is 5.56 Å². The summed E-state index contributed by atoms with van der Waals surface area (Å²) < 4.78 is 14.0. The van der Waals surface area contributed by atoms with Crippen molar-refractivity contribution in [1.29, 1.82) is 0 Å². The highest BCUT2D eigenvalue weighted by atomic mass is 16.5. The first-order valence-corrected chi connectivity index (χ1v) is 10.4. The minimum atomic E-state index is -0.422. The van der Waals surface area contributed by atoms with E-state index in [-0.39, 0.29) is 12.5 Å². The monoisotopic (exact) mass is 434 g/mol. The number of rotatable bonds is 7. The van der Waals surface area contributed by atoms with Crippen molar-refractivity contribution in [3.63, 3.8) is 0 Å². The number of hydrogen-bond donors (Lipinski definition) is 1. The van der Waals surface area contributed by atoms with E-state index in [1.807, 2.05) is 30.5 Å². The third-order valence-electron chi connectivity index (χ3n) is 5.31. The molecule has 2 aromatic carbocycles. The Morgan fingerprint density at radius 3 is 2.66 bits per heavy atom. The van der Waals surface area contributed by atoms with Crippen LogP contribution in [0.15, 0.2) is 53.6 Å². The second-order valence-corrected chi connectivity index (χ2v) is 8.02. The van der Waals surface area contributed by atoms with Gasteiger partial charge in [0, 0.05) is 23.5 Å². The number of aromatic nitrogens is 3. The van der Waals surface area contributed by atoms with Gasteiger partial charge in [-0.05, 0) is 36.2 Å². The quantitative estimate of drug-likeness (QED) is 0.480. The van der Waals surface area contributed by atoms with Crippen LogP contribution in [0, 0.1) is 5.92 Å². The van der Waals surface area contributed by atoms with E-state index in [0.717, 1.165) is 22.1 Å². The second-order valence-electron chi connectivity index (χ2n) is 8.02. The van der Waals surface area contributed by atoms with Crippen molar-refractivity contribution in [2.24, 2.45) is 5.92 Å². The number of methoxy groups -OCH3 is 2. The fraction of sp³-hybridized carbons (Fsp3) is 0.292. The van der Waals surface area contributed by atoms with Gasteiger partial charge in [-0.25, -0.2) is 4.68 Å². The molecule has 0 spiro atoms. The molecule has 8 heteroatoms. The third kappa shape index (κ3) is 3.91. The third-order valence-corrected chi connectivity index (χ3v) is 5.31. The molecule has 2 heterocycles. The molecule has 0 aliphatic heterocycles. The van der Waals surface area contributed by atoms with Gasteiger partial charge in [0.05, 0.1) is 37.0 Å². The van der Waals surface area contributed by atoms with Crippen molar-refractivity contribution in [3.8, 4) is 11.5 Å². The Labute approximate surface area is 185 Å². The van der Waals surface area contributed by atoms with Crippen LogP contribution in [0.1, 0.15) is 13.8 Å². The van der Waals surface area contributed by atoms with Crippen LogP contribution in [-0.2, 0) is 17.9 Å². The van der Waals surface area contributed by atoms with Crippen LogP contribution in [0.5, 0.6) is 11.5 Å². The van der Waals surface area contributed by atoms with Crippen LogP contribution in [0.25, 0.3) is 21.7 Å². The van der Waals surface area contributed by atoms with Crippen LogP contribution < -0.4 is 20.3 Å². The van der Waals surface area contributed by atoms with Crippen LogP contribution in [0.2, 0.25) is 0 Å². The van der Waals surface area contributed by atoms with Crippen molar-refractivity contribution in [2.45, 2.75) is 26.9 Å². The van der Waals surface area contributed by atoms with Gasteiger partial charge in [-0.2, -0.15) is 5.10 Å². The number of carbonyl (C=O) groups excluding carboxylic acids is 1. The molecule has 4 rings (SSSR count). The summed E-state index contributed by atoms with van der Waals surface area (Å²) in [5.74, 6) is 0.926. The van der Waals surface area contributed by atoms with E-state index in [0.29, 0.717) is 33.9 Å². The molecule has 2 aromatic heterocycles. The van der Waals surface area contributed by atoms with Crippen LogP contribution in [0.3, 0.4) is 0 Å². The number of fused-ring (bicyclic) bond motifs is 2. The standard InChI is InChI=1S/C24H26N4O4/c1-15(2)13-27-11-10-17-18(6-5-7-19(17)27)26-21(29)14-28-24(30)22-16(12-25-28)8-9-20(31-3)23(22)32-4/h5-12,15H,13-14H2,1-4H3,(H,26,29). The van der Waals surface area contributed by atoms with Crippen molar-refractivity contribution in [1.82, 2.24) is 14.3 Å². The fourth-order valence-corrected chi connectivity index (χ4v) is 3.91. The predicted molar refractivity (Wildman–Crippen MR) is 125 cm³/mol. The largest absolute Gasteiger partial charge is 0.493 e. The second kappa shape index (κ2) is 8.74. The number of benzene rings is 2. The molecule has 0 radical (unpaired) electrons. The number of amides is 1. The van der Waals surface area contributed by atoms with Gasteiger partial charge in [-0.3, -0.25) is 9.59 Å². The summed E-state index contributed by atoms with van der Waals surface area (Å²) >= 11 is 0. The van der Waals surface area contributed by atoms with E-state index in [9.17, 15) is 9.59 Å². The summed E-state index contributed by atoms with van der Waals surface area (Å²) in [6.45, 7) is 4.99. The minimum absolute atomic E-state index is 0.224. The Kier molecular flexibility index (Phi) is 5.85. The number of anilines is 1. The Bertz CT molecular complexity index is 1350. The van der Waals surface area contributed by atoms with Gasteiger partial charge < -0.3 is 19.4 Å². The summed E-state index contributed by atoms with van der Waals surface area (Å²) in [6, 6.07) is 11.2. The van der Waals surface area contributed by atoms with Gasteiger partial charge in [-0.15, -0.1) is 0 Å². The molecule has 0 atom stereocenters. The molecule has 1 amide bonds. The molecular weight excluding hydrogens is 408 g/mol. The zero-order chi connectivity index (χ0) is 22.8. The first-order chi connectivity index (χ1) is 15.4. The molecule has 0 aliphatic rings. The highest BCUT2D eigenvalue weighted by Crippen LogP contribution is 2.32. The van der Waals surface area contributed by atoms with Crippen LogP contribution >= 0.6 is 0 Å². The lowest BCUT2D eigenvalue weighted by Gasteiger charge is -2.12. The Hall–Kier alpha value is -3.81. The zero-order valence-corrected chi connectivity index (χ0v) is 18.6. The molecule has 0 bridgehead atoms. The van der Waals surface area contributed by atoms with E-state index in [4.69, 9.17) is 9.47 Å². The Balaban J connectivity index is 1.63. The number of nitrogens with one attached hydrogen (secondary N) is 1. The normalized spacial score (nSPS) is 11.3. The van der Waals surface area contributed by atoms with Gasteiger partial charge >= 0.3 is 0 Å². The average Bonchev–Trinajstić information content (AvgIpc) is 3.18. The van der Waals surface area contributed by atoms with Crippen LogP contribution in [-0.4, -0.2) is 34.5 Å². The maximum absolute atomic E-state index is 13.1. The van der Waals surface area contributed by atoms with Crippen molar-refractivity contribution >= 4 is 33.3 Å². The molecule has 166 valence electrons. The van der Waals surface area contributed by atoms with E-state index in [1.54, 1.807) is 18.3 Å². The van der Waals surface area contributed by atoms with E-state index >= 15 is 0 Å². The Morgan fingerprint density at radius 1 is 1.12 bits per heavy atom. The number of hydrogen-bond acceptors (Lipinski definition) is 5. The maximum Gasteiger partial charge on any atom is 0.279 e. The van der Waals surface area contributed by atoms with Crippen molar-refractivity contribution in [2.75, 3.05) is 19.5 Å². The summed E-state index contributed by atoms with van der Waals surface area (Å²) in [5.41, 5.74) is 1.33. The molecule has 0 aliphatic carbocycles. The fourth-order valence-electron chi connectivity index (χ4n) is 3.91. The van der Waals surface area contributed by atoms with Crippen LogP contribution in [0.4, 0.5) is 5.69 Å². The summed E-state index contributed by atoms with van der Waals surface area (Å²) in [5, 5.41) is 8.96. The predicted octanol–water partition coefficient (Wildman–Crippen LogP) is 3.66. The van der Waals surface area contributed by atoms with Crippen molar-refractivity contribution in [3.05, 3.63) is 59.1 Å². The average molecular weight is 434 g/mol. The van der Waals surface area contributed by atoms with E-state index in [1.165, 1.54) is 14.2 Å². The molecule has 0 fully saturated rings. The molecule has 0 unspecified atom stereocenters. The minimum Gasteiger partial charge on any atom is -0.493 e. The van der Waals surface area contributed by atoms with E-state index in [2.05, 4.69) is 28.8 Å². The molecule has 32 heavy (non-hydrogen) atoms. The molecule has 8 nitrogen and oxygen atoms in total. The number of carbonyl (C=O) groups is 1. The zero-order valence-electron chi connectivity index (χ0n) is 18.6. The topological polar surface area (TPSA) is 87.4 Å². The molecule has 1 N–H and O–H groups in total. The first kappa shape index (κ1) is 21.4. The van der Waals surface area contributed by atoms with Gasteiger partial charge in [-0.1, -0.05) is 19.9 Å². The van der Waals surface area contributed by atoms with Gasteiger partial charge in [0.25, 0.3) is 5.56 Å². The summed E-state index contributed by atoms with van der Waals surface area (Å²) in [4.78, 5) is 25.9. The highest BCUT2D eigenvalue weighted by molar-refractivity contribution is 6.01. The number of nitrogens with zero attached hydrogens (tertiary/aromatic N) is 3. The maximum atomic E-state index is 13.1. The lowest BCUT2D eigenvalue weighted by molar-refractivity contribution is -0.117. The smallest absolute Gasteiger partial charge is 0.279 e. The van der Waals surface area contributed by atoms with Gasteiger partial charge in [0.2, 0.25) is 5.91 Å².